The summed E-state index contributed by atoms with van der Waals surface area (Å²) in [6, 6.07) is 9.27. The number of nitrogens with zero attached hydrogens (tertiary/aromatic N) is 1. The topological polar surface area (TPSA) is 82.1 Å². The standard InChI is InChI=1S/C24H37NO6Si/c1-22(2,3)31-21(28)25-19(26)14-15-24(25,17-30-32(7,8)23(4,5)6)20(27)29-16-18-12-10-9-11-13-18/h9-13H,14-17H2,1-8H3/t24-/m0/s1. The lowest BCUT2D eigenvalue weighted by molar-refractivity contribution is -0.163. The van der Waals surface area contributed by atoms with Crippen LogP contribution in [0.25, 0.3) is 0 Å². The summed E-state index contributed by atoms with van der Waals surface area (Å²) in [6.07, 6.45) is -0.677. The van der Waals surface area contributed by atoms with Crippen LogP contribution >= 0.6 is 0 Å². The van der Waals surface area contributed by atoms with Gasteiger partial charge in [0.2, 0.25) is 5.91 Å². The van der Waals surface area contributed by atoms with Crippen molar-refractivity contribution in [3.8, 4) is 0 Å². The summed E-state index contributed by atoms with van der Waals surface area (Å²) in [6.45, 7) is 15.5. The number of ether oxygens (including phenoxy) is 2. The normalized spacial score (nSPS) is 19.8. The van der Waals surface area contributed by atoms with Crippen LogP contribution in [0.4, 0.5) is 4.79 Å². The van der Waals surface area contributed by atoms with E-state index in [9.17, 15) is 14.4 Å². The maximum absolute atomic E-state index is 13.4. The molecule has 0 N–H and O–H groups in total. The molecular formula is C24H37NO6Si. The fourth-order valence-electron chi connectivity index (χ4n) is 3.12. The second-order valence-electron chi connectivity index (χ2n) is 10.9. The molecule has 0 aliphatic carbocycles. The SMILES string of the molecule is CC(C)(C)OC(=O)N1C(=O)CC[C@]1(CO[Si](C)(C)C(C)(C)C)C(=O)OCc1ccccc1. The summed E-state index contributed by atoms with van der Waals surface area (Å²) < 4.78 is 17.4. The van der Waals surface area contributed by atoms with Gasteiger partial charge in [-0.25, -0.2) is 14.5 Å². The lowest BCUT2D eigenvalue weighted by atomic mass is 9.97. The highest BCUT2D eigenvalue weighted by Gasteiger charge is 2.58. The van der Waals surface area contributed by atoms with Crippen LogP contribution in [0.1, 0.15) is 59.9 Å². The van der Waals surface area contributed by atoms with Crippen LogP contribution in [-0.4, -0.2) is 48.9 Å². The first-order valence-electron chi connectivity index (χ1n) is 11.0. The van der Waals surface area contributed by atoms with E-state index in [2.05, 4.69) is 33.9 Å². The first-order valence-corrected chi connectivity index (χ1v) is 13.9. The van der Waals surface area contributed by atoms with Crippen LogP contribution in [0.3, 0.4) is 0 Å². The second-order valence-corrected chi connectivity index (χ2v) is 15.7. The first-order chi connectivity index (χ1) is 14.6. The molecule has 0 aromatic heterocycles. The highest BCUT2D eigenvalue weighted by atomic mass is 28.4. The van der Waals surface area contributed by atoms with Gasteiger partial charge in [0.15, 0.2) is 13.9 Å². The molecule has 0 bridgehead atoms. The van der Waals surface area contributed by atoms with Gasteiger partial charge in [-0.1, -0.05) is 51.1 Å². The molecule has 0 radical (unpaired) electrons. The maximum atomic E-state index is 13.4. The van der Waals surface area contributed by atoms with E-state index in [4.69, 9.17) is 13.9 Å². The summed E-state index contributed by atoms with van der Waals surface area (Å²) in [5.41, 5.74) is -1.56. The molecule has 0 saturated carbocycles. The van der Waals surface area contributed by atoms with E-state index in [1.54, 1.807) is 20.8 Å². The Labute approximate surface area is 192 Å². The van der Waals surface area contributed by atoms with Gasteiger partial charge in [0.05, 0.1) is 6.61 Å². The molecule has 1 aromatic rings. The van der Waals surface area contributed by atoms with Gasteiger partial charge in [-0.05, 0) is 50.9 Å². The van der Waals surface area contributed by atoms with Crippen LogP contribution in [0.5, 0.6) is 0 Å². The Hall–Kier alpha value is -2.19. The van der Waals surface area contributed by atoms with E-state index in [1.165, 1.54) is 0 Å². The van der Waals surface area contributed by atoms with E-state index >= 15 is 0 Å². The van der Waals surface area contributed by atoms with Gasteiger partial charge in [0.25, 0.3) is 0 Å². The number of carbonyl (C=O) groups is 3. The van der Waals surface area contributed by atoms with Crippen molar-refractivity contribution in [2.24, 2.45) is 0 Å². The van der Waals surface area contributed by atoms with E-state index in [0.717, 1.165) is 10.5 Å². The molecule has 1 aliphatic rings. The van der Waals surface area contributed by atoms with Crippen molar-refractivity contribution in [1.82, 2.24) is 4.90 Å². The Morgan fingerprint density at radius 3 is 2.19 bits per heavy atom. The quantitative estimate of drug-likeness (QED) is 0.434. The lowest BCUT2D eigenvalue weighted by Gasteiger charge is -2.41. The number of imide groups is 1. The fourth-order valence-corrected chi connectivity index (χ4v) is 4.16. The van der Waals surface area contributed by atoms with Gasteiger partial charge in [-0.2, -0.15) is 0 Å². The summed E-state index contributed by atoms with van der Waals surface area (Å²) >= 11 is 0. The molecule has 1 fully saturated rings. The summed E-state index contributed by atoms with van der Waals surface area (Å²) in [7, 11) is -2.28. The number of rotatable bonds is 6. The highest BCUT2D eigenvalue weighted by molar-refractivity contribution is 6.74. The predicted molar refractivity (Wildman–Crippen MR) is 124 cm³/mol. The molecule has 1 aromatic carbocycles. The molecular weight excluding hydrogens is 426 g/mol. The zero-order chi connectivity index (χ0) is 24.4. The minimum atomic E-state index is -2.28. The molecule has 1 heterocycles. The molecule has 2 rings (SSSR count). The van der Waals surface area contributed by atoms with E-state index < -0.39 is 37.4 Å². The molecule has 1 aliphatic heterocycles. The number of amides is 2. The Morgan fingerprint density at radius 2 is 1.66 bits per heavy atom. The minimum Gasteiger partial charge on any atom is -0.459 e. The zero-order valence-electron chi connectivity index (χ0n) is 20.6. The van der Waals surface area contributed by atoms with E-state index in [-0.39, 0.29) is 31.1 Å². The molecule has 32 heavy (non-hydrogen) atoms. The third-order valence-electron chi connectivity index (χ3n) is 6.08. The average molecular weight is 464 g/mol. The van der Waals surface area contributed by atoms with Crippen molar-refractivity contribution in [3.05, 3.63) is 35.9 Å². The van der Waals surface area contributed by atoms with Crippen molar-refractivity contribution in [2.75, 3.05) is 6.61 Å². The third-order valence-corrected chi connectivity index (χ3v) is 10.6. The lowest BCUT2D eigenvalue weighted by Crippen LogP contribution is -2.60. The van der Waals surface area contributed by atoms with Crippen LogP contribution in [0.2, 0.25) is 18.1 Å². The second kappa shape index (κ2) is 9.35. The average Bonchev–Trinajstić information content (AvgIpc) is 3.01. The number of benzene rings is 1. The first kappa shape index (κ1) is 26.1. The molecule has 1 atom stereocenters. The number of hydrogen-bond donors (Lipinski definition) is 0. The Balaban J connectivity index is 2.37. The van der Waals surface area contributed by atoms with Crippen molar-refractivity contribution >= 4 is 26.3 Å². The summed E-state index contributed by atoms with van der Waals surface area (Å²) in [5.74, 6) is -1.12. The fraction of sp³-hybridized carbons (Fsp3) is 0.625. The molecule has 0 unspecified atom stereocenters. The van der Waals surface area contributed by atoms with Crippen molar-refractivity contribution in [2.45, 2.75) is 90.3 Å². The number of likely N-dealkylation sites (tertiary alicyclic amines) is 1. The Kier molecular flexibility index (Phi) is 7.62. The van der Waals surface area contributed by atoms with Gasteiger partial charge in [-0.3, -0.25) is 4.79 Å². The van der Waals surface area contributed by atoms with E-state index in [0.29, 0.717) is 0 Å². The molecule has 0 spiro atoms. The van der Waals surface area contributed by atoms with E-state index in [1.807, 2.05) is 30.3 Å². The van der Waals surface area contributed by atoms with Gasteiger partial charge in [0.1, 0.15) is 12.2 Å². The predicted octanol–water partition coefficient (Wildman–Crippen LogP) is 5.05. The van der Waals surface area contributed by atoms with Crippen LogP contribution in [0.15, 0.2) is 30.3 Å². The Bertz CT molecular complexity index is 840. The zero-order valence-corrected chi connectivity index (χ0v) is 21.6. The summed E-state index contributed by atoms with van der Waals surface area (Å²) in [4.78, 5) is 40.2. The highest BCUT2D eigenvalue weighted by Crippen LogP contribution is 2.40. The Morgan fingerprint density at radius 1 is 1.06 bits per heavy atom. The largest absolute Gasteiger partial charge is 0.459 e. The monoisotopic (exact) mass is 463 g/mol. The van der Waals surface area contributed by atoms with Crippen molar-refractivity contribution in [3.63, 3.8) is 0 Å². The van der Waals surface area contributed by atoms with Crippen LogP contribution in [0, 0.1) is 0 Å². The third kappa shape index (κ3) is 5.98. The molecule has 8 heteroatoms. The van der Waals surface area contributed by atoms with Crippen LogP contribution in [-0.2, 0) is 30.1 Å². The van der Waals surface area contributed by atoms with Crippen molar-refractivity contribution in [1.29, 1.82) is 0 Å². The number of esters is 1. The molecule has 1 saturated heterocycles. The number of carbonyl (C=O) groups excluding carboxylic acids is 3. The van der Waals surface area contributed by atoms with Gasteiger partial charge in [-0.15, -0.1) is 0 Å². The van der Waals surface area contributed by atoms with Gasteiger partial charge in [0, 0.05) is 6.42 Å². The summed E-state index contributed by atoms with van der Waals surface area (Å²) in [5, 5.41) is -0.110. The molecule has 7 nitrogen and oxygen atoms in total. The van der Waals surface area contributed by atoms with Crippen LogP contribution < -0.4 is 0 Å². The van der Waals surface area contributed by atoms with Gasteiger partial charge >= 0.3 is 12.1 Å². The smallest absolute Gasteiger partial charge is 0.418 e. The minimum absolute atomic E-state index is 0.0395. The van der Waals surface area contributed by atoms with Crippen molar-refractivity contribution < 1.29 is 28.3 Å². The molecule has 2 amide bonds. The molecule has 178 valence electrons. The van der Waals surface area contributed by atoms with Gasteiger partial charge < -0.3 is 13.9 Å². The number of hydrogen-bond acceptors (Lipinski definition) is 6. The maximum Gasteiger partial charge on any atom is 0.418 e.